The molecule has 0 N–H and O–H groups in total. The summed E-state index contributed by atoms with van der Waals surface area (Å²) in [6, 6.07) is 0. The van der Waals surface area contributed by atoms with Gasteiger partial charge in [-0.3, -0.25) is 0 Å². The predicted octanol–water partition coefficient (Wildman–Crippen LogP) is 2.77. The van der Waals surface area contributed by atoms with Gasteiger partial charge in [-0.2, -0.15) is 0 Å². The minimum atomic E-state index is -0.451. The minimum absolute atomic E-state index is 0.134. The van der Waals surface area contributed by atoms with Gasteiger partial charge in [-0.1, -0.05) is 26.7 Å². The second-order valence-corrected chi connectivity index (χ2v) is 5.54. The summed E-state index contributed by atoms with van der Waals surface area (Å²) in [7, 11) is 0. The summed E-state index contributed by atoms with van der Waals surface area (Å²) in [5, 5.41) is 0. The van der Waals surface area contributed by atoms with Gasteiger partial charge in [0.05, 0.1) is 0 Å². The van der Waals surface area contributed by atoms with Crippen molar-refractivity contribution < 1.29 is 9.53 Å². The molecule has 0 aromatic carbocycles. The average Bonchev–Trinajstić information content (AvgIpc) is 1.78. The first-order chi connectivity index (χ1) is 6.10. The summed E-state index contributed by atoms with van der Waals surface area (Å²) in [4.78, 5) is 11.1. The maximum Gasteiger partial charge on any atom is 0.384 e. The third-order valence-electron chi connectivity index (χ3n) is 1.21. The van der Waals surface area contributed by atoms with Crippen molar-refractivity contribution in [2.75, 3.05) is 0 Å². The van der Waals surface area contributed by atoms with E-state index >= 15 is 0 Å². The Kier molecular flexibility index (Phi) is 4.19. The van der Waals surface area contributed by atoms with Crippen LogP contribution in [0.3, 0.4) is 0 Å². The number of esters is 1. The monoisotopic (exact) mass is 196 g/mol. The first-order valence-corrected chi connectivity index (χ1v) is 4.82. The van der Waals surface area contributed by atoms with Gasteiger partial charge in [-0.15, -0.1) is 0 Å². The van der Waals surface area contributed by atoms with Crippen LogP contribution in [0, 0.1) is 17.3 Å². The first-order valence-electron chi connectivity index (χ1n) is 4.82. The lowest BCUT2D eigenvalue weighted by atomic mass is 9.93. The molecule has 0 heterocycles. The van der Waals surface area contributed by atoms with Gasteiger partial charge in [0.1, 0.15) is 5.60 Å². The molecular weight excluding hydrogens is 176 g/mol. The Morgan fingerprint density at radius 2 is 1.64 bits per heavy atom. The quantitative estimate of drug-likeness (QED) is 0.338. The Labute approximate surface area is 87.0 Å². The Morgan fingerprint density at radius 1 is 1.14 bits per heavy atom. The Morgan fingerprint density at radius 3 is 2.00 bits per heavy atom. The zero-order chi connectivity index (χ0) is 11.4. The average molecular weight is 196 g/mol. The molecule has 80 valence electrons. The van der Waals surface area contributed by atoms with Gasteiger partial charge in [0.15, 0.2) is 0 Å². The Bertz CT molecular complexity index is 253. The van der Waals surface area contributed by atoms with Gasteiger partial charge in [0, 0.05) is 12.3 Å². The highest BCUT2D eigenvalue weighted by atomic mass is 16.6. The van der Waals surface area contributed by atoms with Gasteiger partial charge in [0.2, 0.25) is 0 Å². The summed E-state index contributed by atoms with van der Waals surface area (Å²) in [5.74, 6) is 4.86. The van der Waals surface area contributed by atoms with Gasteiger partial charge < -0.3 is 4.74 Å². The van der Waals surface area contributed by atoms with Crippen LogP contribution in [0.4, 0.5) is 0 Å². The molecule has 0 saturated carbocycles. The van der Waals surface area contributed by atoms with Crippen molar-refractivity contribution in [2.24, 2.45) is 5.41 Å². The molecule has 0 aliphatic rings. The van der Waals surface area contributed by atoms with Crippen molar-refractivity contribution in [3.63, 3.8) is 0 Å². The predicted molar refractivity (Wildman–Crippen MR) is 57.7 cm³/mol. The zero-order valence-electron chi connectivity index (χ0n) is 10.0. The van der Waals surface area contributed by atoms with E-state index < -0.39 is 11.6 Å². The fraction of sp³-hybridized carbons (Fsp3) is 0.750. The molecule has 0 aliphatic carbocycles. The van der Waals surface area contributed by atoms with E-state index in [-0.39, 0.29) is 5.41 Å². The van der Waals surface area contributed by atoms with Crippen molar-refractivity contribution in [2.45, 2.75) is 53.6 Å². The molecule has 0 rings (SSSR count). The maximum atomic E-state index is 11.1. The van der Waals surface area contributed by atoms with E-state index in [9.17, 15) is 4.79 Å². The Hall–Kier alpha value is -0.970. The van der Waals surface area contributed by atoms with E-state index in [0.29, 0.717) is 6.42 Å². The molecule has 0 spiro atoms. The lowest BCUT2D eigenvalue weighted by Crippen LogP contribution is -2.22. The van der Waals surface area contributed by atoms with E-state index in [4.69, 9.17) is 4.74 Å². The van der Waals surface area contributed by atoms with Gasteiger partial charge in [0.25, 0.3) is 0 Å². The lowest BCUT2D eigenvalue weighted by molar-refractivity contribution is -0.147. The molecule has 0 atom stereocenters. The van der Waals surface area contributed by atoms with Crippen LogP contribution >= 0.6 is 0 Å². The van der Waals surface area contributed by atoms with Crippen LogP contribution in [0.5, 0.6) is 0 Å². The molecule has 2 heteroatoms. The normalized spacial score (nSPS) is 11.6. The largest absolute Gasteiger partial charge is 0.450 e. The van der Waals surface area contributed by atoms with Crippen molar-refractivity contribution in [3.8, 4) is 11.8 Å². The van der Waals surface area contributed by atoms with Crippen LogP contribution in [-0.2, 0) is 9.53 Å². The lowest BCUT2D eigenvalue weighted by Gasteiger charge is -2.17. The van der Waals surface area contributed by atoms with Crippen LogP contribution < -0.4 is 0 Å². The summed E-state index contributed by atoms with van der Waals surface area (Å²) < 4.78 is 5.04. The van der Waals surface area contributed by atoms with Crippen LogP contribution in [0.1, 0.15) is 48.0 Å². The fourth-order valence-electron chi connectivity index (χ4n) is 0.685. The number of hydrogen-bond acceptors (Lipinski definition) is 2. The van der Waals surface area contributed by atoms with E-state index in [1.54, 1.807) is 0 Å². The molecular formula is C12H20O2. The second kappa shape index (κ2) is 4.50. The molecule has 14 heavy (non-hydrogen) atoms. The van der Waals surface area contributed by atoms with Crippen LogP contribution in [0.25, 0.3) is 0 Å². The topological polar surface area (TPSA) is 26.3 Å². The van der Waals surface area contributed by atoms with Gasteiger partial charge in [-0.05, 0) is 26.2 Å². The van der Waals surface area contributed by atoms with E-state index in [1.807, 2.05) is 20.8 Å². The van der Waals surface area contributed by atoms with Crippen molar-refractivity contribution in [1.82, 2.24) is 0 Å². The number of hydrogen-bond donors (Lipinski definition) is 0. The van der Waals surface area contributed by atoms with Crippen LogP contribution in [-0.4, -0.2) is 11.6 Å². The summed E-state index contributed by atoms with van der Waals surface area (Å²) >= 11 is 0. The van der Waals surface area contributed by atoms with Crippen molar-refractivity contribution in [1.29, 1.82) is 0 Å². The molecule has 0 aromatic heterocycles. The highest BCUT2D eigenvalue weighted by Gasteiger charge is 2.14. The second-order valence-electron chi connectivity index (χ2n) is 5.54. The molecule has 0 bridgehead atoms. The molecule has 0 saturated heterocycles. The highest BCUT2D eigenvalue weighted by Crippen LogP contribution is 2.16. The van der Waals surface area contributed by atoms with Crippen LogP contribution in [0.15, 0.2) is 0 Å². The summed E-state index contributed by atoms with van der Waals surface area (Å²) in [6.07, 6.45) is 0.701. The molecule has 0 aliphatic heterocycles. The fourth-order valence-corrected chi connectivity index (χ4v) is 0.685. The maximum absolute atomic E-state index is 11.1. The molecule has 0 unspecified atom stereocenters. The third kappa shape index (κ3) is 9.12. The van der Waals surface area contributed by atoms with E-state index in [1.165, 1.54) is 0 Å². The molecule has 2 nitrogen and oxygen atoms in total. The summed E-state index contributed by atoms with van der Waals surface area (Å²) in [6.45, 7) is 11.7. The standard InChI is InChI=1S/C12H20O2/c1-11(2,3)9-7-8-10(13)14-12(4,5)6/h9H2,1-6H3. The zero-order valence-corrected chi connectivity index (χ0v) is 10.0. The highest BCUT2D eigenvalue weighted by molar-refractivity contribution is 5.88. The number of ether oxygens (including phenoxy) is 1. The van der Waals surface area contributed by atoms with E-state index in [0.717, 1.165) is 0 Å². The molecule has 0 fully saturated rings. The number of carbonyl (C=O) groups excluding carboxylic acids is 1. The Balaban J connectivity index is 4.07. The van der Waals surface area contributed by atoms with E-state index in [2.05, 4.69) is 32.6 Å². The number of carbonyl (C=O) groups is 1. The third-order valence-corrected chi connectivity index (χ3v) is 1.21. The summed E-state index contributed by atoms with van der Waals surface area (Å²) in [5.41, 5.74) is -0.317. The molecule has 0 radical (unpaired) electrons. The minimum Gasteiger partial charge on any atom is -0.450 e. The van der Waals surface area contributed by atoms with Crippen molar-refractivity contribution in [3.05, 3.63) is 0 Å². The number of rotatable bonds is 0. The first kappa shape index (κ1) is 13.0. The van der Waals surface area contributed by atoms with Gasteiger partial charge in [-0.25, -0.2) is 4.79 Å². The van der Waals surface area contributed by atoms with Crippen LogP contribution in [0.2, 0.25) is 0 Å². The molecule has 0 aromatic rings. The smallest absolute Gasteiger partial charge is 0.384 e. The molecule has 0 amide bonds. The van der Waals surface area contributed by atoms with Crippen molar-refractivity contribution >= 4 is 5.97 Å². The SMILES string of the molecule is CC(C)(C)CC#CC(=O)OC(C)(C)C. The van der Waals surface area contributed by atoms with Gasteiger partial charge >= 0.3 is 5.97 Å².